The summed E-state index contributed by atoms with van der Waals surface area (Å²) in [5, 5.41) is 0. The zero-order chi connectivity index (χ0) is 15.5. The molecule has 0 bridgehead atoms. The minimum absolute atomic E-state index is 0.0786. The predicted octanol–water partition coefficient (Wildman–Crippen LogP) is 4.05. The summed E-state index contributed by atoms with van der Waals surface area (Å²) < 4.78 is 12.9. The van der Waals surface area contributed by atoms with Gasteiger partial charge in [-0.3, -0.25) is 4.79 Å². The molecule has 0 aliphatic heterocycles. The van der Waals surface area contributed by atoms with E-state index >= 15 is 0 Å². The molecule has 0 saturated carbocycles. The highest BCUT2D eigenvalue weighted by Gasteiger charge is 2.14. The second kappa shape index (κ2) is 6.23. The molecule has 0 atom stereocenters. The predicted molar refractivity (Wildman–Crippen MR) is 85.7 cm³/mol. The van der Waals surface area contributed by atoms with Gasteiger partial charge in [0.2, 0.25) is 0 Å². The van der Waals surface area contributed by atoms with Gasteiger partial charge in [-0.25, -0.2) is 14.4 Å². The maximum absolute atomic E-state index is 12.9. The molecule has 0 spiro atoms. The van der Waals surface area contributed by atoms with E-state index < -0.39 is 0 Å². The third-order valence-electron chi connectivity index (χ3n) is 3.19. The number of para-hydroxylation sites is 2. The third kappa shape index (κ3) is 3.14. The lowest BCUT2D eigenvalue weighted by molar-refractivity contribution is 0.101. The van der Waals surface area contributed by atoms with Crippen LogP contribution in [0.3, 0.4) is 0 Å². The van der Waals surface area contributed by atoms with E-state index in [4.69, 9.17) is 0 Å². The molecule has 1 heterocycles. The van der Waals surface area contributed by atoms with Crippen LogP contribution >= 0.6 is 11.8 Å². The standard InChI is InChI=1S/C17H13FN2OS/c1-11-17(20-15-5-3-2-4-14(15)19-11)16(21)10-22-13-8-6-12(18)7-9-13/h2-9H,10H2,1H3. The van der Waals surface area contributed by atoms with Gasteiger partial charge in [0.25, 0.3) is 0 Å². The van der Waals surface area contributed by atoms with Gasteiger partial charge in [-0.15, -0.1) is 11.8 Å². The van der Waals surface area contributed by atoms with Crippen LogP contribution in [0.5, 0.6) is 0 Å². The molecule has 3 nitrogen and oxygen atoms in total. The molecule has 0 saturated heterocycles. The van der Waals surface area contributed by atoms with Crippen molar-refractivity contribution in [1.29, 1.82) is 0 Å². The van der Waals surface area contributed by atoms with Crippen molar-refractivity contribution < 1.29 is 9.18 Å². The van der Waals surface area contributed by atoms with E-state index in [9.17, 15) is 9.18 Å². The Bertz CT molecular complexity index is 834. The van der Waals surface area contributed by atoms with Crippen molar-refractivity contribution in [3.8, 4) is 0 Å². The molecule has 0 unspecified atom stereocenters. The van der Waals surface area contributed by atoms with Crippen LogP contribution in [0, 0.1) is 12.7 Å². The van der Waals surface area contributed by atoms with Gasteiger partial charge in [0.15, 0.2) is 5.78 Å². The van der Waals surface area contributed by atoms with Gasteiger partial charge >= 0.3 is 0 Å². The Morgan fingerprint density at radius 1 is 1.05 bits per heavy atom. The number of thioether (sulfide) groups is 1. The van der Waals surface area contributed by atoms with E-state index in [0.29, 0.717) is 16.9 Å². The van der Waals surface area contributed by atoms with Gasteiger partial charge < -0.3 is 0 Å². The number of aryl methyl sites for hydroxylation is 1. The number of Topliss-reactive ketones (excluding diaryl/α,β-unsaturated/α-hetero) is 1. The van der Waals surface area contributed by atoms with E-state index in [1.807, 2.05) is 24.3 Å². The molecule has 3 aromatic rings. The minimum Gasteiger partial charge on any atom is -0.291 e. The number of ketones is 1. The Hall–Kier alpha value is -2.27. The summed E-state index contributed by atoms with van der Waals surface area (Å²) in [7, 11) is 0. The fourth-order valence-corrected chi connectivity index (χ4v) is 2.86. The van der Waals surface area contributed by atoms with Gasteiger partial charge in [-0.2, -0.15) is 0 Å². The summed E-state index contributed by atoms with van der Waals surface area (Å²) >= 11 is 1.36. The molecule has 0 fully saturated rings. The van der Waals surface area contributed by atoms with Gasteiger partial charge in [0.1, 0.15) is 11.5 Å². The summed E-state index contributed by atoms with van der Waals surface area (Å²) in [6.45, 7) is 1.79. The summed E-state index contributed by atoms with van der Waals surface area (Å²) in [5.41, 5.74) is 2.52. The van der Waals surface area contributed by atoms with Crippen LogP contribution in [0.2, 0.25) is 0 Å². The first-order valence-electron chi connectivity index (χ1n) is 6.78. The van der Waals surface area contributed by atoms with Crippen LogP contribution in [0.15, 0.2) is 53.4 Å². The van der Waals surface area contributed by atoms with Gasteiger partial charge in [0, 0.05) is 4.90 Å². The topological polar surface area (TPSA) is 42.9 Å². The van der Waals surface area contributed by atoms with Crippen LogP contribution in [0.1, 0.15) is 16.2 Å². The highest BCUT2D eigenvalue weighted by Crippen LogP contribution is 2.20. The van der Waals surface area contributed by atoms with Crippen molar-refractivity contribution in [3.63, 3.8) is 0 Å². The number of hydrogen-bond donors (Lipinski definition) is 0. The third-order valence-corrected chi connectivity index (χ3v) is 4.20. The zero-order valence-corrected chi connectivity index (χ0v) is 12.7. The first kappa shape index (κ1) is 14.7. The number of benzene rings is 2. The lowest BCUT2D eigenvalue weighted by atomic mass is 10.2. The van der Waals surface area contributed by atoms with Crippen molar-refractivity contribution in [3.05, 3.63) is 65.7 Å². The number of halogens is 1. The monoisotopic (exact) mass is 312 g/mol. The van der Waals surface area contributed by atoms with E-state index in [1.165, 1.54) is 23.9 Å². The van der Waals surface area contributed by atoms with Crippen LogP contribution < -0.4 is 0 Å². The number of rotatable bonds is 4. The number of carbonyl (C=O) groups is 1. The quantitative estimate of drug-likeness (QED) is 0.538. The molecule has 5 heteroatoms. The van der Waals surface area contributed by atoms with Gasteiger partial charge in [0.05, 0.1) is 22.5 Å². The first-order valence-corrected chi connectivity index (χ1v) is 7.77. The molecule has 0 amide bonds. The maximum Gasteiger partial charge on any atom is 0.193 e. The molecule has 22 heavy (non-hydrogen) atoms. The molecule has 2 aromatic carbocycles. The first-order chi connectivity index (χ1) is 10.6. The average Bonchev–Trinajstić information content (AvgIpc) is 2.53. The molecular formula is C17H13FN2OS. The van der Waals surface area contributed by atoms with Crippen LogP contribution in [-0.4, -0.2) is 21.5 Å². The second-order valence-corrected chi connectivity index (χ2v) is 5.86. The Kier molecular flexibility index (Phi) is 4.15. The van der Waals surface area contributed by atoms with Crippen molar-refractivity contribution in [2.75, 3.05) is 5.75 Å². The van der Waals surface area contributed by atoms with Crippen molar-refractivity contribution >= 4 is 28.6 Å². The fraction of sp³-hybridized carbons (Fsp3) is 0.118. The largest absolute Gasteiger partial charge is 0.291 e. The van der Waals surface area contributed by atoms with Crippen molar-refractivity contribution in [1.82, 2.24) is 9.97 Å². The average molecular weight is 312 g/mol. The number of carbonyl (C=O) groups excluding carboxylic acids is 1. The van der Waals surface area contributed by atoms with Gasteiger partial charge in [-0.05, 0) is 43.3 Å². The SMILES string of the molecule is Cc1nc2ccccc2nc1C(=O)CSc1ccc(F)cc1. The molecule has 3 rings (SSSR count). The molecule has 0 aliphatic rings. The van der Waals surface area contributed by atoms with Crippen LogP contribution in [0.25, 0.3) is 11.0 Å². The summed E-state index contributed by atoms with van der Waals surface area (Å²) in [6.07, 6.45) is 0. The number of fused-ring (bicyclic) bond motifs is 1. The van der Waals surface area contributed by atoms with Gasteiger partial charge in [-0.1, -0.05) is 12.1 Å². The summed E-state index contributed by atoms with van der Waals surface area (Å²) in [5.74, 6) is -0.114. The number of aromatic nitrogens is 2. The number of hydrogen-bond acceptors (Lipinski definition) is 4. The van der Waals surface area contributed by atoms with Crippen LogP contribution in [-0.2, 0) is 0 Å². The molecular weight excluding hydrogens is 299 g/mol. The number of nitrogens with zero attached hydrogens (tertiary/aromatic N) is 2. The van der Waals surface area contributed by atoms with E-state index in [2.05, 4.69) is 9.97 Å². The highest BCUT2D eigenvalue weighted by molar-refractivity contribution is 8.00. The highest BCUT2D eigenvalue weighted by atomic mass is 32.2. The normalized spacial score (nSPS) is 10.8. The summed E-state index contributed by atoms with van der Waals surface area (Å²) in [4.78, 5) is 22.0. The Labute approximate surface area is 131 Å². The lowest BCUT2D eigenvalue weighted by Crippen LogP contribution is -2.09. The second-order valence-electron chi connectivity index (χ2n) is 4.81. The fourth-order valence-electron chi connectivity index (χ4n) is 2.10. The van der Waals surface area contributed by atoms with E-state index in [-0.39, 0.29) is 17.4 Å². The Morgan fingerprint density at radius 2 is 1.68 bits per heavy atom. The molecule has 0 N–H and O–H groups in total. The Morgan fingerprint density at radius 3 is 2.36 bits per heavy atom. The molecule has 0 radical (unpaired) electrons. The lowest BCUT2D eigenvalue weighted by Gasteiger charge is -2.06. The zero-order valence-electron chi connectivity index (χ0n) is 11.9. The molecule has 0 aliphatic carbocycles. The van der Waals surface area contributed by atoms with Crippen molar-refractivity contribution in [2.45, 2.75) is 11.8 Å². The van der Waals surface area contributed by atoms with E-state index in [0.717, 1.165) is 10.4 Å². The molecule has 1 aromatic heterocycles. The van der Waals surface area contributed by atoms with E-state index in [1.54, 1.807) is 19.1 Å². The van der Waals surface area contributed by atoms with Crippen LogP contribution in [0.4, 0.5) is 4.39 Å². The maximum atomic E-state index is 12.9. The Balaban J connectivity index is 1.79. The smallest absolute Gasteiger partial charge is 0.193 e. The minimum atomic E-state index is -0.285. The summed E-state index contributed by atoms with van der Waals surface area (Å²) in [6, 6.07) is 13.6. The van der Waals surface area contributed by atoms with Crippen molar-refractivity contribution in [2.24, 2.45) is 0 Å². The molecule has 110 valence electrons.